The molecule has 0 saturated heterocycles. The fourth-order valence-electron chi connectivity index (χ4n) is 8.84. The standard InChI is InChI=1S/C31H31ClN4O4.C26H23ClN4O2/c1-31(2,3)40-30(38)33-23-13-10-21(11-14-23)18-36(17-20-8-6-5-7-9-20)29(37)27-25-19-39-26-15-12-22(32)16-24(26)28(25)35(4)34-27;1-30-25-21-13-19(27)9-12-23(21)33-16-22(25)24(29-30)26(32)31(14-17-5-3-2-4-6-17)15-18-7-10-20(28)11-8-18/h5-16H,17-19H2,1-4H3,(H,33,38);2-13H,14-16,28H2,1H3. The Bertz CT molecular complexity index is 3300. The Morgan fingerprint density at radius 2 is 1.00 bits per heavy atom. The van der Waals surface area contributed by atoms with Crippen molar-refractivity contribution >= 4 is 52.5 Å². The van der Waals surface area contributed by atoms with E-state index in [9.17, 15) is 14.4 Å². The van der Waals surface area contributed by atoms with Crippen LogP contribution in [0.3, 0.4) is 0 Å². The van der Waals surface area contributed by atoms with Gasteiger partial charge in [-0.1, -0.05) is 108 Å². The third-order valence-electron chi connectivity index (χ3n) is 12.2. The molecule has 0 bridgehead atoms. The summed E-state index contributed by atoms with van der Waals surface area (Å²) in [7, 11) is 3.66. The molecule has 14 nitrogen and oxygen atoms in total. The van der Waals surface area contributed by atoms with E-state index >= 15 is 0 Å². The summed E-state index contributed by atoms with van der Waals surface area (Å²) >= 11 is 12.5. The van der Waals surface area contributed by atoms with E-state index in [1.165, 1.54) is 0 Å². The number of nitrogen functional groups attached to an aromatic ring is 1. The van der Waals surface area contributed by atoms with Crippen LogP contribution in [0.15, 0.2) is 146 Å². The Labute approximate surface area is 433 Å². The van der Waals surface area contributed by atoms with E-state index in [1.807, 2.05) is 156 Å². The van der Waals surface area contributed by atoms with Gasteiger partial charge in [0.1, 0.15) is 30.3 Å². The highest BCUT2D eigenvalue weighted by molar-refractivity contribution is 6.31. The minimum Gasteiger partial charge on any atom is -0.488 e. The molecule has 0 aliphatic carbocycles. The highest BCUT2D eigenvalue weighted by atomic mass is 35.5. The van der Waals surface area contributed by atoms with Crippen molar-refractivity contribution in [2.45, 2.75) is 65.8 Å². The second-order valence-corrected chi connectivity index (χ2v) is 19.7. The van der Waals surface area contributed by atoms with Crippen molar-refractivity contribution in [3.8, 4) is 34.0 Å². The number of fused-ring (bicyclic) bond motifs is 6. The van der Waals surface area contributed by atoms with Gasteiger partial charge < -0.3 is 29.7 Å². The number of nitrogens with zero attached hydrogens (tertiary/aromatic N) is 6. The minimum absolute atomic E-state index is 0.151. The van der Waals surface area contributed by atoms with E-state index < -0.39 is 11.7 Å². The van der Waals surface area contributed by atoms with Gasteiger partial charge in [-0.15, -0.1) is 0 Å². The number of halogens is 2. The maximum absolute atomic E-state index is 14.1. The van der Waals surface area contributed by atoms with Crippen LogP contribution >= 0.6 is 23.2 Å². The normalized spacial score (nSPS) is 12.0. The second-order valence-electron chi connectivity index (χ2n) is 18.8. The molecule has 2 aliphatic heterocycles. The number of nitrogens with one attached hydrogen (secondary N) is 1. The van der Waals surface area contributed by atoms with Crippen LogP contribution < -0.4 is 20.5 Å². The molecular formula is C57H54Cl2N8O6. The molecule has 0 saturated carbocycles. The number of hydrogen-bond acceptors (Lipinski definition) is 9. The Morgan fingerprint density at radius 1 is 0.603 bits per heavy atom. The zero-order valence-corrected chi connectivity index (χ0v) is 42.6. The van der Waals surface area contributed by atoms with E-state index in [4.69, 9.17) is 43.1 Å². The van der Waals surface area contributed by atoms with Gasteiger partial charge in [-0.2, -0.15) is 10.2 Å². The van der Waals surface area contributed by atoms with Crippen molar-refractivity contribution < 1.29 is 28.6 Å². The molecule has 73 heavy (non-hydrogen) atoms. The van der Waals surface area contributed by atoms with E-state index in [-0.39, 0.29) is 25.0 Å². The second kappa shape index (κ2) is 21.3. The van der Waals surface area contributed by atoms with Crippen LogP contribution in [0.1, 0.15) is 75.1 Å². The van der Waals surface area contributed by atoms with Crippen LogP contribution in [0.2, 0.25) is 10.0 Å². The van der Waals surface area contributed by atoms with Crippen molar-refractivity contribution in [1.29, 1.82) is 0 Å². The molecule has 4 heterocycles. The van der Waals surface area contributed by atoms with Crippen molar-refractivity contribution in [3.05, 3.63) is 200 Å². The molecule has 0 unspecified atom stereocenters. The van der Waals surface area contributed by atoms with E-state index in [0.717, 1.165) is 61.6 Å². The number of amides is 3. The van der Waals surface area contributed by atoms with E-state index in [0.29, 0.717) is 64.7 Å². The van der Waals surface area contributed by atoms with Gasteiger partial charge in [0.25, 0.3) is 11.8 Å². The van der Waals surface area contributed by atoms with E-state index in [2.05, 4.69) is 15.5 Å². The highest BCUT2D eigenvalue weighted by Gasteiger charge is 2.33. The Morgan fingerprint density at radius 3 is 1.41 bits per heavy atom. The lowest BCUT2D eigenvalue weighted by molar-refractivity contribution is 0.0634. The maximum atomic E-state index is 14.1. The average Bonchev–Trinajstić information content (AvgIpc) is 3.90. The first-order valence-corrected chi connectivity index (χ1v) is 24.4. The van der Waals surface area contributed by atoms with Crippen LogP contribution in [-0.4, -0.2) is 52.9 Å². The smallest absolute Gasteiger partial charge is 0.412 e. The molecule has 372 valence electrons. The molecule has 10 rings (SSSR count). The van der Waals surface area contributed by atoms with Gasteiger partial charge in [0.2, 0.25) is 0 Å². The number of benzene rings is 6. The minimum atomic E-state index is -0.591. The third kappa shape index (κ3) is 11.7. The summed E-state index contributed by atoms with van der Waals surface area (Å²) in [5.41, 5.74) is 16.1. The zero-order chi connectivity index (χ0) is 51.4. The summed E-state index contributed by atoms with van der Waals surface area (Å²) < 4.78 is 20.7. The van der Waals surface area contributed by atoms with Crippen LogP contribution in [0.25, 0.3) is 22.5 Å². The van der Waals surface area contributed by atoms with Gasteiger partial charge in [-0.05, 0) is 104 Å². The molecule has 3 N–H and O–H groups in total. The summed E-state index contributed by atoms with van der Waals surface area (Å²) in [6.07, 6.45) is -0.522. The van der Waals surface area contributed by atoms with Crippen molar-refractivity contribution in [2.75, 3.05) is 11.1 Å². The number of hydrogen-bond donors (Lipinski definition) is 2. The third-order valence-corrected chi connectivity index (χ3v) is 12.6. The average molecular weight is 1020 g/mol. The van der Waals surface area contributed by atoms with Crippen LogP contribution in [0.5, 0.6) is 11.5 Å². The van der Waals surface area contributed by atoms with Gasteiger partial charge in [0, 0.05) is 83.9 Å². The van der Waals surface area contributed by atoms with Gasteiger partial charge in [0.05, 0.1) is 11.4 Å². The number of ether oxygens (including phenoxy) is 3. The van der Waals surface area contributed by atoms with Gasteiger partial charge in [0.15, 0.2) is 11.4 Å². The first kappa shape index (κ1) is 49.9. The monoisotopic (exact) mass is 1020 g/mol. The predicted octanol–water partition coefficient (Wildman–Crippen LogP) is 11.9. The van der Waals surface area contributed by atoms with Crippen molar-refractivity contribution in [3.63, 3.8) is 0 Å². The Balaban J connectivity index is 0.000000183. The zero-order valence-electron chi connectivity index (χ0n) is 41.1. The molecule has 8 aromatic rings. The number of anilines is 2. The molecule has 0 atom stereocenters. The number of carbonyl (C=O) groups is 3. The maximum Gasteiger partial charge on any atom is 0.412 e. The number of nitrogens with two attached hydrogens (primary N) is 1. The van der Waals surface area contributed by atoms with Crippen molar-refractivity contribution in [2.24, 2.45) is 14.1 Å². The number of carbonyl (C=O) groups excluding carboxylic acids is 3. The van der Waals surface area contributed by atoms with Gasteiger partial charge in [-0.25, -0.2) is 4.79 Å². The number of rotatable bonds is 11. The molecule has 6 aromatic carbocycles. The molecule has 2 aromatic heterocycles. The molecule has 0 spiro atoms. The lowest BCUT2D eigenvalue weighted by atomic mass is 10.0. The molecule has 0 fully saturated rings. The van der Waals surface area contributed by atoms with E-state index in [1.54, 1.807) is 43.4 Å². The molecular weight excluding hydrogens is 964 g/mol. The first-order chi connectivity index (χ1) is 35.1. The van der Waals surface area contributed by atoms with Crippen molar-refractivity contribution in [1.82, 2.24) is 29.4 Å². The summed E-state index contributed by atoms with van der Waals surface area (Å²) in [6.45, 7) is 7.58. The highest BCUT2D eigenvalue weighted by Crippen LogP contribution is 2.42. The van der Waals surface area contributed by atoms with Gasteiger partial charge >= 0.3 is 6.09 Å². The van der Waals surface area contributed by atoms with Gasteiger partial charge in [-0.3, -0.25) is 24.3 Å². The molecule has 16 heteroatoms. The fraction of sp³-hybridized carbons (Fsp3) is 0.211. The van der Waals surface area contributed by atoms with Crippen LogP contribution in [0.4, 0.5) is 16.2 Å². The SMILES string of the molecule is Cn1nc(C(=O)N(Cc2ccccc2)Cc2ccc(N)cc2)c2c1-c1cc(Cl)ccc1OC2.Cn1nc(C(=O)N(Cc2ccccc2)Cc2ccc(NC(=O)OC(C)(C)C)cc2)c2c1-c1cc(Cl)ccc1OC2. The number of aromatic nitrogens is 4. The Kier molecular flexibility index (Phi) is 14.6. The van der Waals surface area contributed by atoms with Crippen LogP contribution in [-0.2, 0) is 58.2 Å². The summed E-state index contributed by atoms with van der Waals surface area (Å²) in [4.78, 5) is 43.6. The lowest BCUT2D eigenvalue weighted by Gasteiger charge is -2.24. The van der Waals surface area contributed by atoms with Crippen LogP contribution in [0, 0.1) is 0 Å². The quantitative estimate of drug-likeness (QED) is 0.120. The summed E-state index contributed by atoms with van der Waals surface area (Å²) in [5, 5.41) is 13.2. The summed E-state index contributed by atoms with van der Waals surface area (Å²) in [5.74, 6) is 1.09. The first-order valence-electron chi connectivity index (χ1n) is 23.6. The topological polar surface area (TPSA) is 159 Å². The molecule has 0 radical (unpaired) electrons. The fourth-order valence-corrected chi connectivity index (χ4v) is 9.18. The molecule has 2 aliphatic rings. The lowest BCUT2D eigenvalue weighted by Crippen LogP contribution is -2.31. The Hall–Kier alpha value is -8.07. The largest absolute Gasteiger partial charge is 0.488 e. The predicted molar refractivity (Wildman–Crippen MR) is 283 cm³/mol. The summed E-state index contributed by atoms with van der Waals surface area (Å²) in [6, 6.07) is 45.6. The number of aryl methyl sites for hydroxylation is 2. The molecule has 3 amide bonds.